The molecular weight excluding hydrogens is 592 g/mol. The van der Waals surface area contributed by atoms with Crippen LogP contribution in [0.15, 0.2) is 90.3 Å². The molecule has 4 aromatic rings. The van der Waals surface area contributed by atoms with Crippen molar-refractivity contribution in [1.82, 2.24) is 4.90 Å². The van der Waals surface area contributed by atoms with E-state index in [1.54, 1.807) is 78.2 Å². The molecule has 0 spiro atoms. The molecule has 0 aliphatic rings. The number of carboxylic acid groups (broad SMARTS) is 1. The zero-order valence-electron chi connectivity index (χ0n) is 25.1. The molecule has 4 rings (SSSR count). The Balaban J connectivity index is 1.30. The maximum absolute atomic E-state index is 13.2. The Morgan fingerprint density at radius 1 is 0.800 bits per heavy atom. The summed E-state index contributed by atoms with van der Waals surface area (Å²) in [6.07, 6.45) is 5.77. The van der Waals surface area contributed by atoms with Crippen LogP contribution in [0.2, 0.25) is 0 Å². The molecule has 1 aromatic heterocycles. The van der Waals surface area contributed by atoms with Crippen molar-refractivity contribution >= 4 is 40.8 Å². The van der Waals surface area contributed by atoms with Gasteiger partial charge in [0.1, 0.15) is 18.0 Å². The number of unbranched alkanes of at least 4 members (excludes halogenated alkanes) is 4. The summed E-state index contributed by atoms with van der Waals surface area (Å²) in [6.45, 7) is 2.33. The highest BCUT2D eigenvalue weighted by molar-refractivity contribution is 7.12. The second-order valence-corrected chi connectivity index (χ2v) is 11.3. The van der Waals surface area contributed by atoms with E-state index in [0.717, 1.165) is 12.8 Å². The Hall–Kier alpha value is -4.96. The average molecular weight is 629 g/mol. The molecule has 0 unspecified atom stereocenters. The van der Waals surface area contributed by atoms with Gasteiger partial charge in [0.2, 0.25) is 0 Å². The lowest BCUT2D eigenvalue weighted by molar-refractivity contribution is -0.137. The van der Waals surface area contributed by atoms with Gasteiger partial charge in [-0.1, -0.05) is 50.8 Å². The SMILES string of the molecule is CCCCCCCOc1ccc(C(=O)Oc2ccc(CN(CC(=O)O)C(=O)c3ccc(NC(=O)c4cccs4)cc3)cc2)cc1. The third-order valence-corrected chi connectivity index (χ3v) is 7.73. The van der Waals surface area contributed by atoms with E-state index in [9.17, 15) is 24.3 Å². The van der Waals surface area contributed by atoms with Crippen molar-refractivity contribution in [3.63, 3.8) is 0 Å². The monoisotopic (exact) mass is 628 g/mol. The fourth-order valence-electron chi connectivity index (χ4n) is 4.47. The molecule has 234 valence electrons. The van der Waals surface area contributed by atoms with Crippen molar-refractivity contribution in [2.75, 3.05) is 18.5 Å². The number of nitrogens with one attached hydrogen (secondary N) is 1. The molecule has 0 aliphatic carbocycles. The molecule has 0 radical (unpaired) electrons. The van der Waals surface area contributed by atoms with Crippen LogP contribution in [0.5, 0.6) is 11.5 Å². The van der Waals surface area contributed by atoms with Gasteiger partial charge in [0.25, 0.3) is 11.8 Å². The van der Waals surface area contributed by atoms with Crippen LogP contribution in [0.25, 0.3) is 0 Å². The lowest BCUT2D eigenvalue weighted by atomic mass is 10.1. The molecule has 2 amide bonds. The first-order chi connectivity index (χ1) is 21.8. The standard InChI is InChI=1S/C35H36N2O7S/c1-2-3-4-5-6-21-43-29-19-13-27(14-20-29)35(42)44-30-17-9-25(10-18-30)23-37(24-32(38)39)34(41)26-11-15-28(16-12-26)36-33(40)31-8-7-22-45-31/h7-20,22H,2-6,21,23-24H2,1H3,(H,36,40)(H,38,39). The maximum Gasteiger partial charge on any atom is 0.343 e. The summed E-state index contributed by atoms with van der Waals surface area (Å²) in [7, 11) is 0. The molecule has 10 heteroatoms. The molecule has 0 fully saturated rings. The van der Waals surface area contributed by atoms with E-state index in [2.05, 4.69) is 12.2 Å². The molecule has 0 aliphatic heterocycles. The van der Waals surface area contributed by atoms with Crippen molar-refractivity contribution in [3.05, 3.63) is 112 Å². The van der Waals surface area contributed by atoms with Gasteiger partial charge >= 0.3 is 11.9 Å². The highest BCUT2D eigenvalue weighted by Gasteiger charge is 2.20. The van der Waals surface area contributed by atoms with Gasteiger partial charge in [-0.25, -0.2) is 4.79 Å². The second kappa shape index (κ2) is 16.8. The number of rotatable bonds is 16. The zero-order valence-corrected chi connectivity index (χ0v) is 25.9. The number of esters is 1. The topological polar surface area (TPSA) is 122 Å². The molecule has 9 nitrogen and oxygen atoms in total. The Morgan fingerprint density at radius 2 is 1.47 bits per heavy atom. The lowest BCUT2D eigenvalue weighted by Crippen LogP contribution is -2.35. The van der Waals surface area contributed by atoms with Crippen LogP contribution in [0, 0.1) is 0 Å². The first-order valence-corrected chi connectivity index (χ1v) is 15.7. The Kier molecular flexibility index (Phi) is 12.3. The Bertz CT molecular complexity index is 1550. The number of hydrogen-bond donors (Lipinski definition) is 2. The molecule has 0 atom stereocenters. The van der Waals surface area contributed by atoms with Gasteiger partial charge in [-0.3, -0.25) is 14.4 Å². The van der Waals surface area contributed by atoms with Crippen LogP contribution in [-0.2, 0) is 11.3 Å². The van der Waals surface area contributed by atoms with Crippen LogP contribution in [0.1, 0.15) is 75.0 Å². The molecule has 3 aromatic carbocycles. The van der Waals surface area contributed by atoms with Crippen LogP contribution in [0.4, 0.5) is 5.69 Å². The van der Waals surface area contributed by atoms with Crippen molar-refractivity contribution in [2.45, 2.75) is 45.6 Å². The van der Waals surface area contributed by atoms with Gasteiger partial charge in [-0.05, 0) is 84.1 Å². The third-order valence-electron chi connectivity index (χ3n) is 6.86. The summed E-state index contributed by atoms with van der Waals surface area (Å²) in [5.41, 5.74) is 1.82. The van der Waals surface area contributed by atoms with Crippen LogP contribution in [0.3, 0.4) is 0 Å². The fraction of sp³-hybridized carbons (Fsp3) is 0.257. The number of thiophene rings is 1. The van der Waals surface area contributed by atoms with Crippen molar-refractivity contribution in [1.29, 1.82) is 0 Å². The van der Waals surface area contributed by atoms with E-state index in [1.807, 2.05) is 0 Å². The van der Waals surface area contributed by atoms with E-state index in [0.29, 0.717) is 39.8 Å². The number of amides is 2. The van der Waals surface area contributed by atoms with Crippen molar-refractivity contribution in [3.8, 4) is 11.5 Å². The zero-order chi connectivity index (χ0) is 32.0. The third kappa shape index (κ3) is 10.3. The summed E-state index contributed by atoms with van der Waals surface area (Å²) >= 11 is 1.32. The number of nitrogens with zero attached hydrogens (tertiary/aromatic N) is 1. The fourth-order valence-corrected chi connectivity index (χ4v) is 5.09. The van der Waals surface area contributed by atoms with Crippen LogP contribution in [-0.4, -0.2) is 46.9 Å². The van der Waals surface area contributed by atoms with Gasteiger partial charge in [0.15, 0.2) is 0 Å². The first kappa shape index (κ1) is 32.9. The minimum Gasteiger partial charge on any atom is -0.494 e. The quantitative estimate of drug-likeness (QED) is 0.0759. The highest BCUT2D eigenvalue weighted by Crippen LogP contribution is 2.20. The van der Waals surface area contributed by atoms with Gasteiger partial charge < -0.3 is 24.8 Å². The van der Waals surface area contributed by atoms with E-state index in [-0.39, 0.29) is 18.0 Å². The number of carbonyl (C=O) groups excluding carboxylic acids is 3. The van der Waals surface area contributed by atoms with E-state index in [4.69, 9.17) is 9.47 Å². The Labute approximate surface area is 266 Å². The summed E-state index contributed by atoms with van der Waals surface area (Å²) in [6, 6.07) is 23.1. The number of carbonyl (C=O) groups is 4. The van der Waals surface area contributed by atoms with Gasteiger partial charge in [-0.2, -0.15) is 0 Å². The number of ether oxygens (including phenoxy) is 2. The largest absolute Gasteiger partial charge is 0.494 e. The van der Waals surface area contributed by atoms with Crippen molar-refractivity contribution < 1.29 is 33.8 Å². The molecule has 1 heterocycles. The van der Waals surface area contributed by atoms with Gasteiger partial charge in [0, 0.05) is 17.8 Å². The maximum atomic E-state index is 13.2. The number of aliphatic carboxylic acids is 1. The number of hydrogen-bond acceptors (Lipinski definition) is 7. The smallest absolute Gasteiger partial charge is 0.343 e. The molecular formula is C35H36N2O7S. The summed E-state index contributed by atoms with van der Waals surface area (Å²) in [5, 5.41) is 14.0. The number of anilines is 1. The molecule has 0 saturated carbocycles. The minimum atomic E-state index is -1.16. The molecule has 0 bridgehead atoms. The minimum absolute atomic E-state index is 0.0241. The lowest BCUT2D eigenvalue weighted by Gasteiger charge is -2.21. The average Bonchev–Trinajstić information content (AvgIpc) is 3.59. The van der Waals surface area contributed by atoms with Crippen LogP contribution < -0.4 is 14.8 Å². The Morgan fingerprint density at radius 3 is 2.11 bits per heavy atom. The molecule has 0 saturated heterocycles. The predicted molar refractivity (Wildman–Crippen MR) is 173 cm³/mol. The van der Waals surface area contributed by atoms with Gasteiger partial charge in [-0.15, -0.1) is 11.3 Å². The van der Waals surface area contributed by atoms with Crippen LogP contribution >= 0.6 is 11.3 Å². The summed E-state index contributed by atoms with van der Waals surface area (Å²) < 4.78 is 11.2. The summed E-state index contributed by atoms with van der Waals surface area (Å²) in [4.78, 5) is 51.5. The predicted octanol–water partition coefficient (Wildman–Crippen LogP) is 7.30. The molecule has 2 N–H and O–H groups in total. The van der Waals surface area contributed by atoms with Gasteiger partial charge in [0.05, 0.1) is 17.0 Å². The number of benzene rings is 3. The second-order valence-electron chi connectivity index (χ2n) is 10.4. The van der Waals surface area contributed by atoms with E-state index >= 15 is 0 Å². The highest BCUT2D eigenvalue weighted by atomic mass is 32.1. The normalized spacial score (nSPS) is 10.6. The van der Waals surface area contributed by atoms with E-state index < -0.39 is 24.4 Å². The molecule has 45 heavy (non-hydrogen) atoms. The summed E-state index contributed by atoms with van der Waals surface area (Å²) in [5.74, 6) is -1.40. The van der Waals surface area contributed by atoms with E-state index in [1.165, 1.54) is 47.6 Å². The van der Waals surface area contributed by atoms with Crippen molar-refractivity contribution in [2.24, 2.45) is 0 Å². The first-order valence-electron chi connectivity index (χ1n) is 14.8. The number of carboxylic acids is 1.